The van der Waals surface area contributed by atoms with Crippen LogP contribution in [0.5, 0.6) is 0 Å². The number of aldehydes is 1. The first kappa shape index (κ1) is 15.5. The fourth-order valence-electron chi connectivity index (χ4n) is 2.87. The highest BCUT2D eigenvalue weighted by Gasteiger charge is 2.27. The molecule has 1 aliphatic rings. The van der Waals surface area contributed by atoms with Crippen molar-refractivity contribution >= 4 is 17.9 Å². The maximum Gasteiger partial charge on any atom is 0.136 e. The van der Waals surface area contributed by atoms with Gasteiger partial charge in [-0.3, -0.25) is 4.90 Å². The number of halogens is 1. The van der Waals surface area contributed by atoms with E-state index in [-0.39, 0.29) is 6.04 Å². The predicted molar refractivity (Wildman–Crippen MR) is 82.8 cm³/mol. The molecule has 0 amide bonds. The predicted octanol–water partition coefficient (Wildman–Crippen LogP) is 3.03. The number of likely N-dealkylation sites (tertiary alicyclic amines) is 1. The largest absolute Gasteiger partial charge is 0.322 e. The summed E-state index contributed by atoms with van der Waals surface area (Å²) in [7, 11) is 0. The van der Waals surface area contributed by atoms with Crippen LogP contribution >= 0.6 is 11.6 Å². The number of benzene rings is 1. The second-order valence-electron chi connectivity index (χ2n) is 5.79. The summed E-state index contributed by atoms with van der Waals surface area (Å²) >= 11 is 6.34. The summed E-state index contributed by atoms with van der Waals surface area (Å²) in [6, 6.07) is 7.58. The summed E-state index contributed by atoms with van der Waals surface area (Å²) in [5.41, 5.74) is 6.94. The SMILES string of the molecule is CC1CCN(C(CC(N)C=O)c2ccccc2Cl)CC1. The minimum absolute atomic E-state index is 0.136. The van der Waals surface area contributed by atoms with Crippen LogP contribution < -0.4 is 5.73 Å². The lowest BCUT2D eigenvalue weighted by atomic mass is 9.93. The molecule has 2 rings (SSSR count). The monoisotopic (exact) mass is 294 g/mol. The molecule has 0 spiro atoms. The minimum Gasteiger partial charge on any atom is -0.322 e. The molecule has 0 aromatic heterocycles. The van der Waals surface area contributed by atoms with E-state index in [1.165, 1.54) is 12.8 Å². The molecule has 0 saturated carbocycles. The molecule has 1 aromatic rings. The number of rotatable bonds is 5. The number of hydrogen-bond donors (Lipinski definition) is 1. The summed E-state index contributed by atoms with van der Waals surface area (Å²) in [4.78, 5) is 13.3. The van der Waals surface area contributed by atoms with Crippen LogP contribution in [0.25, 0.3) is 0 Å². The molecule has 1 aromatic carbocycles. The molecule has 1 aliphatic heterocycles. The first-order valence-corrected chi connectivity index (χ1v) is 7.69. The number of piperidine rings is 1. The van der Waals surface area contributed by atoms with Gasteiger partial charge in [-0.15, -0.1) is 0 Å². The van der Waals surface area contributed by atoms with Crippen LogP contribution in [0.15, 0.2) is 24.3 Å². The fourth-order valence-corrected chi connectivity index (χ4v) is 3.13. The van der Waals surface area contributed by atoms with E-state index in [4.69, 9.17) is 17.3 Å². The van der Waals surface area contributed by atoms with Gasteiger partial charge in [0.15, 0.2) is 0 Å². The van der Waals surface area contributed by atoms with Gasteiger partial charge in [-0.05, 0) is 49.9 Å². The van der Waals surface area contributed by atoms with E-state index in [9.17, 15) is 4.79 Å². The summed E-state index contributed by atoms with van der Waals surface area (Å²) in [5.74, 6) is 0.776. The van der Waals surface area contributed by atoms with Gasteiger partial charge in [0.2, 0.25) is 0 Å². The Hall–Kier alpha value is -0.900. The molecule has 0 bridgehead atoms. The first-order chi connectivity index (χ1) is 9.61. The molecular weight excluding hydrogens is 272 g/mol. The average molecular weight is 295 g/mol. The molecule has 0 radical (unpaired) electrons. The zero-order valence-electron chi connectivity index (χ0n) is 12.0. The van der Waals surface area contributed by atoms with Gasteiger partial charge in [-0.2, -0.15) is 0 Å². The Balaban J connectivity index is 2.20. The van der Waals surface area contributed by atoms with Crippen LogP contribution in [0.1, 0.15) is 37.8 Å². The molecule has 3 nitrogen and oxygen atoms in total. The number of nitrogens with zero attached hydrogens (tertiary/aromatic N) is 1. The lowest BCUT2D eigenvalue weighted by Crippen LogP contribution is -2.39. The molecule has 1 heterocycles. The van der Waals surface area contributed by atoms with E-state index in [2.05, 4.69) is 11.8 Å². The fraction of sp³-hybridized carbons (Fsp3) is 0.562. The van der Waals surface area contributed by atoms with Crippen molar-refractivity contribution in [2.24, 2.45) is 11.7 Å². The van der Waals surface area contributed by atoms with Gasteiger partial charge in [-0.25, -0.2) is 0 Å². The van der Waals surface area contributed by atoms with Crippen molar-refractivity contribution in [1.29, 1.82) is 0 Å². The van der Waals surface area contributed by atoms with Crippen molar-refractivity contribution in [2.75, 3.05) is 13.1 Å². The molecular formula is C16H23ClN2O. The molecule has 1 fully saturated rings. The smallest absolute Gasteiger partial charge is 0.136 e. The highest BCUT2D eigenvalue weighted by atomic mass is 35.5. The standard InChI is InChI=1S/C16H23ClN2O/c1-12-6-8-19(9-7-12)16(10-13(18)11-20)14-4-2-3-5-15(14)17/h2-5,11-13,16H,6-10,18H2,1H3. The van der Waals surface area contributed by atoms with Crippen molar-refractivity contribution in [3.05, 3.63) is 34.9 Å². The highest BCUT2D eigenvalue weighted by Crippen LogP contribution is 2.33. The van der Waals surface area contributed by atoms with Crippen LogP contribution in [0, 0.1) is 5.92 Å². The molecule has 1 saturated heterocycles. The summed E-state index contributed by atoms with van der Waals surface area (Å²) < 4.78 is 0. The normalized spacial score (nSPS) is 20.6. The second kappa shape index (κ2) is 7.21. The summed E-state index contributed by atoms with van der Waals surface area (Å²) in [5, 5.41) is 0.759. The number of carbonyl (C=O) groups is 1. The van der Waals surface area contributed by atoms with Gasteiger partial charge >= 0.3 is 0 Å². The molecule has 2 unspecified atom stereocenters. The van der Waals surface area contributed by atoms with Crippen molar-refractivity contribution in [3.8, 4) is 0 Å². The average Bonchev–Trinajstić information content (AvgIpc) is 2.46. The van der Waals surface area contributed by atoms with E-state index in [0.29, 0.717) is 6.42 Å². The zero-order chi connectivity index (χ0) is 14.5. The van der Waals surface area contributed by atoms with Gasteiger partial charge in [0.1, 0.15) is 6.29 Å². The van der Waals surface area contributed by atoms with Crippen LogP contribution in [0.2, 0.25) is 5.02 Å². The Bertz CT molecular complexity index is 444. The van der Waals surface area contributed by atoms with Gasteiger partial charge in [-0.1, -0.05) is 36.7 Å². The Labute approximate surface area is 126 Å². The highest BCUT2D eigenvalue weighted by molar-refractivity contribution is 6.31. The van der Waals surface area contributed by atoms with E-state index < -0.39 is 6.04 Å². The molecule has 20 heavy (non-hydrogen) atoms. The third-order valence-corrected chi connectivity index (χ3v) is 4.54. The Kier molecular flexibility index (Phi) is 5.58. The molecule has 4 heteroatoms. The quantitative estimate of drug-likeness (QED) is 0.849. The van der Waals surface area contributed by atoms with Gasteiger partial charge in [0.25, 0.3) is 0 Å². The molecule has 2 atom stereocenters. The number of nitrogens with two attached hydrogens (primary N) is 1. The summed E-state index contributed by atoms with van der Waals surface area (Å²) in [6.45, 7) is 4.38. The third-order valence-electron chi connectivity index (χ3n) is 4.19. The Morgan fingerprint density at radius 1 is 1.40 bits per heavy atom. The lowest BCUT2D eigenvalue weighted by Gasteiger charge is -2.38. The van der Waals surface area contributed by atoms with Crippen LogP contribution in [-0.4, -0.2) is 30.3 Å². The van der Waals surface area contributed by atoms with Crippen molar-refractivity contribution in [3.63, 3.8) is 0 Å². The molecule has 0 aliphatic carbocycles. The second-order valence-corrected chi connectivity index (χ2v) is 6.20. The molecule has 2 N–H and O–H groups in total. The minimum atomic E-state index is -0.435. The number of carbonyl (C=O) groups excluding carboxylic acids is 1. The van der Waals surface area contributed by atoms with Crippen LogP contribution in [0.3, 0.4) is 0 Å². The summed E-state index contributed by atoms with van der Waals surface area (Å²) in [6.07, 6.45) is 3.84. The van der Waals surface area contributed by atoms with Gasteiger partial charge in [0, 0.05) is 11.1 Å². The maximum atomic E-state index is 10.9. The maximum absolute atomic E-state index is 10.9. The van der Waals surface area contributed by atoms with Crippen LogP contribution in [0.4, 0.5) is 0 Å². The van der Waals surface area contributed by atoms with E-state index in [1.54, 1.807) is 0 Å². The third kappa shape index (κ3) is 3.81. The zero-order valence-corrected chi connectivity index (χ0v) is 12.7. The Morgan fingerprint density at radius 3 is 2.65 bits per heavy atom. The van der Waals surface area contributed by atoms with Crippen molar-refractivity contribution < 1.29 is 4.79 Å². The van der Waals surface area contributed by atoms with E-state index in [0.717, 1.165) is 35.9 Å². The van der Waals surface area contributed by atoms with E-state index in [1.807, 2.05) is 24.3 Å². The van der Waals surface area contributed by atoms with Crippen molar-refractivity contribution in [2.45, 2.75) is 38.3 Å². The van der Waals surface area contributed by atoms with Crippen molar-refractivity contribution in [1.82, 2.24) is 4.90 Å². The number of hydrogen-bond acceptors (Lipinski definition) is 3. The Morgan fingerprint density at radius 2 is 2.05 bits per heavy atom. The van der Waals surface area contributed by atoms with Gasteiger partial charge in [0.05, 0.1) is 6.04 Å². The van der Waals surface area contributed by atoms with Crippen LogP contribution in [-0.2, 0) is 4.79 Å². The lowest BCUT2D eigenvalue weighted by molar-refractivity contribution is -0.109. The van der Waals surface area contributed by atoms with Gasteiger partial charge < -0.3 is 10.5 Å². The van der Waals surface area contributed by atoms with E-state index >= 15 is 0 Å². The first-order valence-electron chi connectivity index (χ1n) is 7.31. The topological polar surface area (TPSA) is 46.3 Å². The molecule has 110 valence electrons.